The molecule has 1 N–H and O–H groups in total. The molecule has 0 spiro atoms. The number of nitriles is 1. The van der Waals surface area contributed by atoms with Crippen molar-refractivity contribution in [2.24, 2.45) is 5.10 Å². The van der Waals surface area contributed by atoms with E-state index >= 15 is 0 Å². The molecule has 0 atom stereocenters. The fourth-order valence-corrected chi connectivity index (χ4v) is 2.97. The van der Waals surface area contributed by atoms with Gasteiger partial charge in [-0.1, -0.05) is 12.1 Å². The summed E-state index contributed by atoms with van der Waals surface area (Å²) in [4.78, 5) is 17.3. The lowest BCUT2D eigenvalue weighted by Gasteiger charge is -2.19. The summed E-state index contributed by atoms with van der Waals surface area (Å²) in [6, 6.07) is 16.5. The van der Waals surface area contributed by atoms with Crippen molar-refractivity contribution in [3.05, 3.63) is 70.3 Å². The number of hydrogen-bond donors (Lipinski definition) is 1. The highest BCUT2D eigenvalue weighted by atomic mass is 16.1. The maximum absolute atomic E-state index is 12.7. The van der Waals surface area contributed by atoms with Gasteiger partial charge in [-0.15, -0.1) is 0 Å². The zero-order valence-corrected chi connectivity index (χ0v) is 13.4. The Balaban J connectivity index is 1.73. The van der Waals surface area contributed by atoms with Gasteiger partial charge in [0.1, 0.15) is 5.71 Å². The molecule has 3 aromatic rings. The van der Waals surface area contributed by atoms with Gasteiger partial charge in [-0.25, -0.2) is 4.98 Å². The molecule has 0 aliphatic carbocycles. The average molecular weight is 329 g/mol. The number of hydrazone groups is 1. The summed E-state index contributed by atoms with van der Waals surface area (Å²) in [6.07, 6.45) is 1.61. The zero-order valence-electron chi connectivity index (χ0n) is 13.4. The van der Waals surface area contributed by atoms with Gasteiger partial charge >= 0.3 is 0 Å². The minimum absolute atomic E-state index is 0.0219. The summed E-state index contributed by atoms with van der Waals surface area (Å²) < 4.78 is 1.70. The summed E-state index contributed by atoms with van der Waals surface area (Å²) in [5, 5.41) is 13.9. The molecule has 0 saturated heterocycles. The van der Waals surface area contributed by atoms with Crippen molar-refractivity contribution in [1.82, 2.24) is 9.55 Å². The Morgan fingerprint density at radius 3 is 2.76 bits per heavy atom. The minimum Gasteiger partial charge on any atom is -0.291 e. The second-order valence-electron chi connectivity index (χ2n) is 5.87. The Labute approximate surface area is 144 Å². The molecule has 0 saturated carbocycles. The van der Waals surface area contributed by atoms with Crippen LogP contribution in [0, 0.1) is 11.3 Å². The van der Waals surface area contributed by atoms with Crippen molar-refractivity contribution < 1.29 is 0 Å². The predicted octanol–water partition coefficient (Wildman–Crippen LogP) is 2.88. The number of aromatic nitrogens is 2. The number of benzene rings is 2. The van der Waals surface area contributed by atoms with Gasteiger partial charge < -0.3 is 0 Å². The number of hydrogen-bond acceptors (Lipinski definition) is 5. The van der Waals surface area contributed by atoms with Gasteiger partial charge in [-0.2, -0.15) is 10.4 Å². The third-order valence-electron chi connectivity index (χ3n) is 4.25. The molecule has 1 aromatic heterocycles. The second-order valence-corrected chi connectivity index (χ2v) is 5.87. The van der Waals surface area contributed by atoms with Crippen LogP contribution in [0.4, 0.5) is 5.69 Å². The van der Waals surface area contributed by atoms with Crippen LogP contribution < -0.4 is 11.0 Å². The third-order valence-corrected chi connectivity index (χ3v) is 4.25. The maximum Gasteiger partial charge on any atom is 0.261 e. The number of para-hydroxylation sites is 1. The fraction of sp³-hybridized carbons (Fsp3) is 0.158. The van der Waals surface area contributed by atoms with Crippen LogP contribution in [-0.4, -0.2) is 15.3 Å². The molecule has 2 aromatic carbocycles. The summed E-state index contributed by atoms with van der Waals surface area (Å²) in [6.45, 7) is 0.655. The van der Waals surface area contributed by atoms with E-state index in [0.717, 1.165) is 24.2 Å². The van der Waals surface area contributed by atoms with Gasteiger partial charge in [0.2, 0.25) is 0 Å². The van der Waals surface area contributed by atoms with Gasteiger partial charge in [0, 0.05) is 6.54 Å². The highest BCUT2D eigenvalue weighted by Gasteiger charge is 2.20. The summed E-state index contributed by atoms with van der Waals surface area (Å²) in [5.41, 5.74) is 5.81. The molecule has 6 heteroatoms. The van der Waals surface area contributed by atoms with Crippen LogP contribution in [-0.2, 0) is 6.54 Å². The van der Waals surface area contributed by atoms with Crippen molar-refractivity contribution in [2.75, 3.05) is 5.43 Å². The molecule has 4 rings (SSSR count). The first kappa shape index (κ1) is 15.1. The van der Waals surface area contributed by atoms with Crippen LogP contribution >= 0.6 is 0 Å². The average Bonchev–Trinajstić information content (AvgIpc) is 2.67. The molecule has 25 heavy (non-hydrogen) atoms. The highest BCUT2D eigenvalue weighted by molar-refractivity contribution is 5.99. The highest BCUT2D eigenvalue weighted by Crippen LogP contribution is 2.16. The molecule has 0 bridgehead atoms. The molecule has 1 aliphatic heterocycles. The number of anilines is 1. The predicted molar refractivity (Wildman–Crippen MR) is 96.6 cm³/mol. The molecule has 0 fully saturated rings. The summed E-state index contributed by atoms with van der Waals surface area (Å²) in [5.74, 6) is 0.621. The summed E-state index contributed by atoms with van der Waals surface area (Å²) in [7, 11) is 0. The zero-order chi connectivity index (χ0) is 17.2. The van der Waals surface area contributed by atoms with E-state index in [2.05, 4.69) is 21.6 Å². The largest absolute Gasteiger partial charge is 0.291 e. The lowest BCUT2D eigenvalue weighted by atomic mass is 10.1. The van der Waals surface area contributed by atoms with E-state index in [0.29, 0.717) is 28.8 Å². The van der Waals surface area contributed by atoms with Crippen molar-refractivity contribution in [3.8, 4) is 6.07 Å². The van der Waals surface area contributed by atoms with E-state index in [1.54, 1.807) is 34.9 Å². The van der Waals surface area contributed by atoms with Crippen LogP contribution in [0.1, 0.15) is 24.2 Å². The monoisotopic (exact) mass is 329 g/mol. The molecule has 1 aliphatic rings. The molecular weight excluding hydrogens is 314 g/mol. The van der Waals surface area contributed by atoms with Gasteiger partial charge in [0.25, 0.3) is 5.56 Å². The van der Waals surface area contributed by atoms with Crippen LogP contribution in [0.3, 0.4) is 0 Å². The number of rotatable bonds is 2. The molecule has 2 heterocycles. The van der Waals surface area contributed by atoms with E-state index in [1.807, 2.05) is 18.2 Å². The fourth-order valence-electron chi connectivity index (χ4n) is 2.97. The van der Waals surface area contributed by atoms with Crippen molar-refractivity contribution in [3.63, 3.8) is 0 Å². The molecule has 0 radical (unpaired) electrons. The van der Waals surface area contributed by atoms with Crippen LogP contribution in [0.15, 0.2) is 58.4 Å². The van der Waals surface area contributed by atoms with Crippen molar-refractivity contribution in [1.29, 1.82) is 5.26 Å². The first-order chi connectivity index (χ1) is 12.3. The van der Waals surface area contributed by atoms with Crippen LogP contribution in [0.2, 0.25) is 0 Å². The molecule has 0 unspecified atom stereocenters. The normalized spacial score (nSPS) is 14.9. The smallest absolute Gasteiger partial charge is 0.261 e. The van der Waals surface area contributed by atoms with Crippen LogP contribution in [0.25, 0.3) is 10.9 Å². The topological polar surface area (TPSA) is 83.1 Å². The molecule has 6 nitrogen and oxygen atoms in total. The van der Waals surface area contributed by atoms with Crippen molar-refractivity contribution in [2.45, 2.75) is 19.4 Å². The van der Waals surface area contributed by atoms with E-state index < -0.39 is 0 Å². The molecular formula is C19H15N5O. The Morgan fingerprint density at radius 2 is 1.96 bits per heavy atom. The van der Waals surface area contributed by atoms with Gasteiger partial charge in [0.05, 0.1) is 28.2 Å². The van der Waals surface area contributed by atoms with Crippen LogP contribution in [0.5, 0.6) is 0 Å². The van der Waals surface area contributed by atoms with E-state index in [9.17, 15) is 4.79 Å². The van der Waals surface area contributed by atoms with E-state index in [4.69, 9.17) is 5.26 Å². The Hall–Kier alpha value is -3.46. The summed E-state index contributed by atoms with van der Waals surface area (Å²) >= 11 is 0. The Bertz CT molecular complexity index is 1070. The minimum atomic E-state index is -0.0219. The number of fused-ring (bicyclic) bond motifs is 2. The second kappa shape index (κ2) is 6.21. The van der Waals surface area contributed by atoms with E-state index in [1.165, 1.54) is 0 Å². The molecule has 122 valence electrons. The quantitative estimate of drug-likeness (QED) is 0.733. The number of nitrogens with zero attached hydrogens (tertiary/aromatic N) is 4. The van der Waals surface area contributed by atoms with Gasteiger partial charge in [0.15, 0.2) is 5.82 Å². The van der Waals surface area contributed by atoms with Gasteiger partial charge in [-0.05, 0) is 49.2 Å². The third kappa shape index (κ3) is 2.76. The maximum atomic E-state index is 12.7. The first-order valence-corrected chi connectivity index (χ1v) is 8.09. The van der Waals surface area contributed by atoms with Gasteiger partial charge in [-0.3, -0.25) is 14.8 Å². The lowest BCUT2D eigenvalue weighted by molar-refractivity contribution is 0.597. The Kier molecular flexibility index (Phi) is 3.75. The standard InChI is InChI=1S/C19H15N5O/c20-12-13-7-9-14(10-8-13)22-23-17-6-3-11-24-18(17)21-16-5-2-1-4-15(16)19(24)25/h1-2,4-5,7-10,22H,3,6,11H2/b23-17-. The lowest BCUT2D eigenvalue weighted by Crippen LogP contribution is -2.32. The van der Waals surface area contributed by atoms with Crippen molar-refractivity contribution >= 4 is 22.3 Å². The SMILES string of the molecule is N#Cc1ccc(N/N=C2/CCCn3c2nc2ccccc2c3=O)cc1. The number of nitrogens with one attached hydrogen (secondary N) is 1. The first-order valence-electron chi connectivity index (χ1n) is 8.09. The van der Waals surface area contributed by atoms with E-state index in [-0.39, 0.29) is 5.56 Å². The Morgan fingerprint density at radius 1 is 1.16 bits per heavy atom. The molecule has 0 amide bonds.